The Hall–Kier alpha value is -3.65. The van der Waals surface area contributed by atoms with Crippen molar-refractivity contribution in [3.05, 3.63) is 35.9 Å². The zero-order chi connectivity index (χ0) is 31.4. The van der Waals surface area contributed by atoms with Crippen molar-refractivity contribution in [3.63, 3.8) is 0 Å². The molecule has 0 radical (unpaired) electrons. The van der Waals surface area contributed by atoms with E-state index in [1.807, 2.05) is 51.1 Å². The number of benzene rings is 1. The molecule has 1 aromatic carbocycles. The number of nitriles is 1. The molecule has 11 heteroatoms. The van der Waals surface area contributed by atoms with Gasteiger partial charge in [-0.15, -0.1) is 0 Å². The molecule has 4 amide bonds. The number of amides is 4. The molecule has 0 unspecified atom stereocenters. The highest BCUT2D eigenvalue weighted by atomic mass is 16.6. The van der Waals surface area contributed by atoms with E-state index in [1.165, 1.54) is 0 Å². The molecule has 1 aliphatic heterocycles. The second kappa shape index (κ2) is 16.3. The Balaban J connectivity index is 1.74. The summed E-state index contributed by atoms with van der Waals surface area (Å²) in [6.07, 6.45) is 4.80. The van der Waals surface area contributed by atoms with Gasteiger partial charge >= 0.3 is 6.09 Å². The standard InChI is InChI=1S/C32H47N5O6/c1-21(43-32(2,3)4)27(37-31(41)42-20-23-13-9-6-10-14-23)30(40)36-26(17-22-11-7-5-8-12-22)29(39)35-25(19-33)18-24-15-16-34-28(24)38/h6,9-10,13-14,21-22,24-27H,5,7-8,11-12,15-18,20H2,1-4H3,(H,34,38)(H,35,39)(H,36,40)(H,37,41)/t21-,24+,25+,26+,27+/m1/s1. The number of hydrogen-bond donors (Lipinski definition) is 4. The van der Waals surface area contributed by atoms with Crippen LogP contribution in [0.5, 0.6) is 0 Å². The van der Waals surface area contributed by atoms with Gasteiger partial charge in [0.05, 0.1) is 17.8 Å². The lowest BCUT2D eigenvalue weighted by molar-refractivity contribution is -0.135. The summed E-state index contributed by atoms with van der Waals surface area (Å²) in [6.45, 7) is 7.79. The predicted molar refractivity (Wildman–Crippen MR) is 160 cm³/mol. The van der Waals surface area contributed by atoms with Gasteiger partial charge in [0.1, 0.15) is 24.7 Å². The Morgan fingerprint density at radius 2 is 1.70 bits per heavy atom. The minimum Gasteiger partial charge on any atom is -0.445 e. The van der Waals surface area contributed by atoms with Crippen molar-refractivity contribution in [1.29, 1.82) is 5.26 Å². The number of carbonyl (C=O) groups is 4. The predicted octanol–water partition coefficient (Wildman–Crippen LogP) is 3.47. The first-order valence-electron chi connectivity index (χ1n) is 15.4. The lowest BCUT2D eigenvalue weighted by atomic mass is 9.84. The fourth-order valence-electron chi connectivity index (χ4n) is 5.73. The minimum atomic E-state index is -1.15. The summed E-state index contributed by atoms with van der Waals surface area (Å²) >= 11 is 0. The molecule has 1 saturated heterocycles. The molecule has 1 heterocycles. The molecule has 2 aliphatic rings. The first-order valence-corrected chi connectivity index (χ1v) is 15.4. The van der Waals surface area contributed by atoms with E-state index in [0.29, 0.717) is 19.4 Å². The van der Waals surface area contributed by atoms with E-state index in [4.69, 9.17) is 9.47 Å². The highest BCUT2D eigenvalue weighted by Crippen LogP contribution is 2.28. The van der Waals surface area contributed by atoms with Crippen LogP contribution < -0.4 is 21.3 Å². The maximum absolute atomic E-state index is 13.8. The van der Waals surface area contributed by atoms with E-state index in [1.54, 1.807) is 6.92 Å². The number of nitrogens with zero attached hydrogens (tertiary/aromatic N) is 1. The van der Waals surface area contributed by atoms with E-state index in [-0.39, 0.29) is 30.8 Å². The summed E-state index contributed by atoms with van der Waals surface area (Å²) in [7, 11) is 0. The van der Waals surface area contributed by atoms with Gasteiger partial charge in [-0.25, -0.2) is 4.79 Å². The first-order chi connectivity index (χ1) is 20.4. The van der Waals surface area contributed by atoms with Crippen molar-refractivity contribution in [2.75, 3.05) is 6.54 Å². The van der Waals surface area contributed by atoms with Crippen molar-refractivity contribution in [1.82, 2.24) is 21.3 Å². The van der Waals surface area contributed by atoms with Gasteiger partial charge in [0, 0.05) is 12.5 Å². The number of ether oxygens (including phenoxy) is 2. The van der Waals surface area contributed by atoms with E-state index >= 15 is 0 Å². The summed E-state index contributed by atoms with van der Waals surface area (Å²) in [6, 6.07) is 8.31. The van der Waals surface area contributed by atoms with Crippen molar-refractivity contribution in [2.45, 2.75) is 115 Å². The fourth-order valence-corrected chi connectivity index (χ4v) is 5.73. The van der Waals surface area contributed by atoms with Crippen LogP contribution in [0.4, 0.5) is 4.79 Å². The smallest absolute Gasteiger partial charge is 0.408 e. The molecule has 0 aromatic heterocycles. The van der Waals surface area contributed by atoms with Gasteiger partial charge in [-0.2, -0.15) is 5.26 Å². The molecule has 11 nitrogen and oxygen atoms in total. The summed E-state index contributed by atoms with van der Waals surface area (Å²) < 4.78 is 11.4. The Morgan fingerprint density at radius 3 is 2.30 bits per heavy atom. The van der Waals surface area contributed by atoms with Crippen molar-refractivity contribution in [3.8, 4) is 6.07 Å². The lowest BCUT2D eigenvalue weighted by Gasteiger charge is -2.32. The van der Waals surface area contributed by atoms with Crippen LogP contribution in [0.15, 0.2) is 30.3 Å². The molecule has 236 valence electrons. The van der Waals surface area contributed by atoms with Crippen LogP contribution in [0.25, 0.3) is 0 Å². The molecule has 0 spiro atoms. The van der Waals surface area contributed by atoms with E-state index < -0.39 is 47.7 Å². The highest BCUT2D eigenvalue weighted by Gasteiger charge is 2.36. The Bertz CT molecular complexity index is 1130. The van der Waals surface area contributed by atoms with Crippen LogP contribution in [0.3, 0.4) is 0 Å². The quantitative estimate of drug-likeness (QED) is 0.271. The molecule has 2 fully saturated rings. The van der Waals surface area contributed by atoms with Gasteiger partial charge in [-0.3, -0.25) is 14.4 Å². The number of alkyl carbamates (subject to hydrolysis) is 1. The van der Waals surface area contributed by atoms with Crippen LogP contribution in [0.2, 0.25) is 0 Å². The van der Waals surface area contributed by atoms with E-state index in [0.717, 1.165) is 37.7 Å². The highest BCUT2D eigenvalue weighted by molar-refractivity contribution is 5.92. The number of rotatable bonds is 13. The first kappa shape index (κ1) is 33.8. The molecule has 43 heavy (non-hydrogen) atoms. The molecule has 0 bridgehead atoms. The molecule has 1 saturated carbocycles. The fraction of sp³-hybridized carbons (Fsp3) is 0.656. The third-order valence-electron chi connectivity index (χ3n) is 7.86. The van der Waals surface area contributed by atoms with Crippen LogP contribution >= 0.6 is 0 Å². The summed E-state index contributed by atoms with van der Waals surface area (Å²) in [4.78, 5) is 52.2. The Kier molecular flexibility index (Phi) is 12.8. The number of nitrogens with one attached hydrogen (secondary N) is 4. The number of carbonyl (C=O) groups excluding carboxylic acids is 4. The van der Waals surface area contributed by atoms with Gasteiger partial charge in [0.25, 0.3) is 0 Å². The van der Waals surface area contributed by atoms with Crippen molar-refractivity contribution >= 4 is 23.8 Å². The maximum Gasteiger partial charge on any atom is 0.408 e. The zero-order valence-electron chi connectivity index (χ0n) is 25.8. The third-order valence-corrected chi connectivity index (χ3v) is 7.86. The molecule has 5 atom stereocenters. The van der Waals surface area contributed by atoms with Crippen LogP contribution in [0.1, 0.15) is 84.6 Å². The second-order valence-electron chi connectivity index (χ2n) is 12.6. The van der Waals surface area contributed by atoms with Gasteiger partial charge in [-0.1, -0.05) is 62.4 Å². The monoisotopic (exact) mass is 597 g/mol. The molecule has 1 aliphatic carbocycles. The Labute approximate surface area is 254 Å². The van der Waals surface area contributed by atoms with Gasteiger partial charge in [0.15, 0.2) is 0 Å². The van der Waals surface area contributed by atoms with Crippen LogP contribution in [-0.2, 0) is 30.5 Å². The molecular weight excluding hydrogens is 550 g/mol. The summed E-state index contributed by atoms with van der Waals surface area (Å²) in [5.41, 5.74) is 0.183. The van der Waals surface area contributed by atoms with E-state index in [2.05, 4.69) is 27.3 Å². The van der Waals surface area contributed by atoms with Crippen molar-refractivity contribution in [2.24, 2.45) is 11.8 Å². The van der Waals surface area contributed by atoms with Crippen LogP contribution in [-0.4, -0.2) is 60.2 Å². The average Bonchev–Trinajstić information content (AvgIpc) is 3.37. The molecule has 4 N–H and O–H groups in total. The average molecular weight is 598 g/mol. The minimum absolute atomic E-state index is 0.0246. The Morgan fingerprint density at radius 1 is 1.00 bits per heavy atom. The zero-order valence-corrected chi connectivity index (χ0v) is 25.8. The van der Waals surface area contributed by atoms with E-state index in [9.17, 15) is 24.4 Å². The van der Waals surface area contributed by atoms with Gasteiger partial charge in [0.2, 0.25) is 17.7 Å². The van der Waals surface area contributed by atoms with Crippen LogP contribution in [0, 0.1) is 23.2 Å². The largest absolute Gasteiger partial charge is 0.445 e. The molecular formula is C32H47N5O6. The molecule has 1 aromatic rings. The lowest BCUT2D eigenvalue weighted by Crippen LogP contribution is -2.59. The summed E-state index contributed by atoms with van der Waals surface area (Å²) in [5, 5.41) is 20.7. The molecule has 3 rings (SSSR count). The number of hydrogen-bond acceptors (Lipinski definition) is 7. The third kappa shape index (κ3) is 11.5. The normalized spacial score (nSPS) is 20.1. The summed E-state index contributed by atoms with van der Waals surface area (Å²) in [5.74, 6) is -1.31. The second-order valence-corrected chi connectivity index (χ2v) is 12.6. The van der Waals surface area contributed by atoms with Crippen molar-refractivity contribution < 1.29 is 28.7 Å². The van der Waals surface area contributed by atoms with Gasteiger partial charge < -0.3 is 30.7 Å². The SMILES string of the molecule is C[C@@H](OC(C)(C)C)[C@H](NC(=O)OCc1ccccc1)C(=O)N[C@@H](CC1CCCCC1)C(=O)N[C@H](C#N)C[C@@H]1CCNC1=O. The van der Waals surface area contributed by atoms with Gasteiger partial charge in [-0.05, 0) is 58.4 Å². The maximum atomic E-state index is 13.8. The topological polar surface area (TPSA) is 159 Å².